The van der Waals surface area contributed by atoms with Gasteiger partial charge >= 0.3 is 0 Å². The fourth-order valence-corrected chi connectivity index (χ4v) is 8.91. The first-order valence-corrected chi connectivity index (χ1v) is 20.6. The summed E-state index contributed by atoms with van der Waals surface area (Å²) in [4.78, 5) is 40.4. The lowest BCUT2D eigenvalue weighted by Gasteiger charge is -2.38. The van der Waals surface area contributed by atoms with E-state index in [1.807, 2.05) is 75.7 Å². The van der Waals surface area contributed by atoms with E-state index in [2.05, 4.69) is 41.6 Å². The van der Waals surface area contributed by atoms with E-state index in [0.29, 0.717) is 30.1 Å². The molecule has 8 rings (SSSR count). The van der Waals surface area contributed by atoms with E-state index in [1.165, 1.54) is 4.90 Å². The molecule has 2 aliphatic rings. The van der Waals surface area contributed by atoms with Gasteiger partial charge in [0.1, 0.15) is 29.3 Å². The van der Waals surface area contributed by atoms with E-state index in [1.54, 1.807) is 23.5 Å². The smallest absolute Gasteiger partial charge is 0.273 e. The minimum absolute atomic E-state index is 0.00848. The van der Waals surface area contributed by atoms with Crippen molar-refractivity contribution in [1.29, 1.82) is 0 Å². The lowest BCUT2D eigenvalue weighted by Crippen LogP contribution is -2.48. The van der Waals surface area contributed by atoms with Gasteiger partial charge in [-0.05, 0) is 60.3 Å². The number of aromatic nitrogens is 5. The summed E-state index contributed by atoms with van der Waals surface area (Å²) in [7, 11) is 0. The summed E-state index contributed by atoms with van der Waals surface area (Å²) < 4.78 is 11.6. The molecule has 6 aromatic rings. The molecule has 2 aliphatic heterocycles. The highest BCUT2D eigenvalue weighted by Gasteiger charge is 2.44. The first-order valence-electron chi connectivity index (χ1n) is 19.4. The molecule has 14 nitrogen and oxygen atoms in total. The number of aliphatic hydroxyl groups excluding tert-OH is 1. The van der Waals surface area contributed by atoms with Crippen LogP contribution in [0.1, 0.15) is 67.8 Å². The van der Waals surface area contributed by atoms with E-state index in [0.717, 1.165) is 45.9 Å². The second kappa shape index (κ2) is 16.5. The van der Waals surface area contributed by atoms with Crippen LogP contribution in [0.15, 0.2) is 70.7 Å². The van der Waals surface area contributed by atoms with Crippen molar-refractivity contribution in [1.82, 2.24) is 40.4 Å². The van der Waals surface area contributed by atoms with E-state index in [4.69, 9.17) is 20.9 Å². The van der Waals surface area contributed by atoms with Crippen molar-refractivity contribution in [3.63, 3.8) is 0 Å². The number of aromatic amines is 1. The van der Waals surface area contributed by atoms with Gasteiger partial charge in [0.25, 0.3) is 5.88 Å². The molecule has 302 valence electrons. The molecule has 0 radical (unpaired) electrons. The summed E-state index contributed by atoms with van der Waals surface area (Å²) in [6.07, 6.45) is -0.744. The molecule has 2 amide bonds. The van der Waals surface area contributed by atoms with Gasteiger partial charge < -0.3 is 34.7 Å². The Labute approximate surface area is 344 Å². The number of hydrogen-bond acceptors (Lipinski definition) is 12. The monoisotopic (exact) mass is 824 g/mol. The maximum absolute atomic E-state index is 14.2. The summed E-state index contributed by atoms with van der Waals surface area (Å²) in [5.74, 6) is -1.14. The number of benzene rings is 2. The van der Waals surface area contributed by atoms with Crippen molar-refractivity contribution in [2.75, 3.05) is 32.8 Å². The number of amides is 2. The Morgan fingerprint density at radius 1 is 1.09 bits per heavy atom. The first kappa shape index (κ1) is 39.5. The van der Waals surface area contributed by atoms with Crippen LogP contribution in [0.5, 0.6) is 11.6 Å². The van der Waals surface area contributed by atoms with Gasteiger partial charge in [-0.15, -0.1) is 21.5 Å². The molecule has 4 aromatic heterocycles. The van der Waals surface area contributed by atoms with Crippen LogP contribution in [-0.4, -0.2) is 102 Å². The van der Waals surface area contributed by atoms with E-state index in [-0.39, 0.29) is 65.1 Å². The summed E-state index contributed by atoms with van der Waals surface area (Å²) in [6.45, 7) is 10.2. The van der Waals surface area contributed by atoms with E-state index >= 15 is 0 Å². The minimum Gasteiger partial charge on any atom is -0.507 e. The van der Waals surface area contributed by atoms with Crippen LogP contribution in [0.25, 0.3) is 32.7 Å². The second-order valence-corrected chi connectivity index (χ2v) is 16.7. The van der Waals surface area contributed by atoms with Gasteiger partial charge in [-0.3, -0.25) is 14.5 Å². The fourth-order valence-electron chi connectivity index (χ4n) is 7.85. The molecule has 4 atom stereocenters. The number of aromatic hydroxyl groups is 1. The third kappa shape index (κ3) is 7.91. The number of β-amino-alcohol motifs (C(OH)–C–C–N with tert-alkyl or cyclic N) is 1. The van der Waals surface area contributed by atoms with Crippen LogP contribution in [0.4, 0.5) is 0 Å². The number of H-pyrrole nitrogens is 1. The molecule has 2 fully saturated rings. The molecular weight excluding hydrogens is 780 g/mol. The van der Waals surface area contributed by atoms with Crippen molar-refractivity contribution < 1.29 is 29.1 Å². The molecule has 2 saturated heterocycles. The van der Waals surface area contributed by atoms with E-state index in [9.17, 15) is 19.8 Å². The van der Waals surface area contributed by atoms with E-state index < -0.39 is 18.1 Å². The normalized spacial score (nSPS) is 18.4. The van der Waals surface area contributed by atoms with Gasteiger partial charge in [-0.1, -0.05) is 61.8 Å². The number of phenols is 1. The number of aryl methyl sites for hydroxylation is 1. The average Bonchev–Trinajstić information content (AvgIpc) is 3.99. The number of hydrogen-bond donors (Lipinski definition) is 4. The Morgan fingerprint density at radius 2 is 1.86 bits per heavy atom. The number of halogens is 1. The highest BCUT2D eigenvalue weighted by Crippen LogP contribution is 2.39. The molecule has 0 spiro atoms. The Morgan fingerprint density at radius 3 is 2.59 bits per heavy atom. The highest BCUT2D eigenvalue weighted by molar-refractivity contribution is 7.13. The zero-order chi connectivity index (χ0) is 40.7. The lowest BCUT2D eigenvalue weighted by molar-refractivity contribution is -0.141. The van der Waals surface area contributed by atoms with Crippen molar-refractivity contribution in [3.05, 3.63) is 93.9 Å². The van der Waals surface area contributed by atoms with Crippen molar-refractivity contribution in [2.24, 2.45) is 5.92 Å². The van der Waals surface area contributed by atoms with Gasteiger partial charge in [0.05, 0.1) is 33.9 Å². The summed E-state index contributed by atoms with van der Waals surface area (Å²) in [6, 6.07) is 17.8. The number of rotatable bonds is 13. The number of nitrogens with zero attached hydrogens (tertiary/aromatic N) is 6. The number of aliphatic hydroxyl groups is 1. The second-order valence-electron chi connectivity index (χ2n) is 15.5. The quantitative estimate of drug-likeness (QED) is 0.100. The summed E-state index contributed by atoms with van der Waals surface area (Å²) in [5.41, 5.74) is 7.76. The highest BCUT2D eigenvalue weighted by atomic mass is 35.5. The molecule has 2 aromatic carbocycles. The molecule has 4 N–H and O–H groups in total. The number of para-hydroxylation sites is 1. The molecule has 0 bridgehead atoms. The number of fused-ring (bicyclic) bond motifs is 1. The number of ether oxygens (including phenoxy) is 1. The maximum Gasteiger partial charge on any atom is 0.273 e. The predicted octanol–water partition coefficient (Wildman–Crippen LogP) is 6.46. The number of carbonyl (C=O) groups is 2. The topological polar surface area (TPSA) is 183 Å². The zero-order valence-electron chi connectivity index (χ0n) is 32.6. The molecule has 0 unspecified atom stereocenters. The van der Waals surface area contributed by atoms with Crippen LogP contribution in [0.2, 0.25) is 5.02 Å². The Bertz CT molecular complexity index is 2430. The van der Waals surface area contributed by atoms with Gasteiger partial charge in [-0.25, -0.2) is 4.98 Å². The van der Waals surface area contributed by atoms with Crippen molar-refractivity contribution >= 4 is 45.8 Å². The maximum atomic E-state index is 14.2. The molecular formula is C42H45ClN8O6S. The van der Waals surface area contributed by atoms with Crippen LogP contribution in [0, 0.1) is 12.8 Å². The number of carbonyl (C=O) groups excluding carboxylic acids is 2. The van der Waals surface area contributed by atoms with Crippen LogP contribution in [-0.2, 0) is 9.59 Å². The summed E-state index contributed by atoms with van der Waals surface area (Å²) >= 11 is 8.35. The molecule has 0 aliphatic carbocycles. The average molecular weight is 825 g/mol. The number of thiazole rings is 1. The zero-order valence-corrected chi connectivity index (χ0v) is 34.1. The fraction of sp³-hybridized carbons (Fsp3) is 0.381. The van der Waals surface area contributed by atoms with Gasteiger partial charge in [0.15, 0.2) is 11.4 Å². The largest absolute Gasteiger partial charge is 0.507 e. The minimum atomic E-state index is -0.874. The molecule has 0 saturated carbocycles. The Kier molecular flexibility index (Phi) is 11.2. The number of likely N-dealkylation sites (tertiary alicyclic amines) is 2. The predicted molar refractivity (Wildman–Crippen MR) is 220 cm³/mol. The van der Waals surface area contributed by atoms with Crippen LogP contribution >= 0.6 is 22.9 Å². The summed E-state index contributed by atoms with van der Waals surface area (Å²) in [5, 5.41) is 37.7. The molecule has 58 heavy (non-hydrogen) atoms. The lowest BCUT2D eigenvalue weighted by atomic mass is 9.91. The number of nitrogens with one attached hydrogen (secondary N) is 2. The number of phenolic OH excluding ortho intramolecular Hbond substituents is 1. The standard InChI is InChI=1S/C42H45ClN8O6S/c1-22(2)35(42(55)51-20-29(52)17-33(51)40(54)45-23(3)25-9-11-26(12-10-25)38-24(4)44-21-58-38)37-36(43)41(49-57-37)56-14-13-50-18-28(19-50)31-15-27-16-32(47-48-39(27)46-31)30-7-5-6-8-34(30)53/h5-12,15-16,21-23,28-29,33,35,52-53H,13-14,17-20H2,1-4H3,(H,45,54)(H,46,48)/t23-,29+,33-,35+/m0/s1. The third-order valence-corrected chi connectivity index (χ3v) is 12.4. The van der Waals surface area contributed by atoms with Gasteiger partial charge in [-0.2, -0.15) is 0 Å². The van der Waals surface area contributed by atoms with Crippen LogP contribution in [0.3, 0.4) is 0 Å². The van der Waals surface area contributed by atoms with Gasteiger partial charge in [0.2, 0.25) is 11.8 Å². The Hall–Kier alpha value is -5.35. The van der Waals surface area contributed by atoms with Gasteiger partial charge in [0, 0.05) is 55.2 Å². The van der Waals surface area contributed by atoms with Crippen molar-refractivity contribution in [3.8, 4) is 33.3 Å². The first-order chi connectivity index (χ1) is 27.9. The van der Waals surface area contributed by atoms with Crippen LogP contribution < -0.4 is 10.1 Å². The Balaban J connectivity index is 0.856. The molecule has 16 heteroatoms. The molecule has 6 heterocycles. The van der Waals surface area contributed by atoms with Crippen molar-refractivity contribution in [2.45, 2.75) is 64.1 Å². The third-order valence-electron chi connectivity index (χ3n) is 11.1. The SMILES string of the molecule is Cc1ncsc1-c1ccc([C@H](C)NC(=O)[C@@H]2C[C@@H](O)CN2C(=O)[C@@H](c2onc(OCCN3CC(c4cc5cc(-c6ccccc6O)nnc5[nH]4)C3)c2Cl)C(C)C)cc1.